The normalized spacial score (nSPS) is 11.7. The third-order valence-corrected chi connectivity index (χ3v) is 4.69. The van der Waals surface area contributed by atoms with Gasteiger partial charge in [-0.25, -0.2) is 14.5 Å². The smallest absolute Gasteiger partial charge is 0.408 e. The topological polar surface area (TPSA) is 96.5 Å². The van der Waals surface area contributed by atoms with Crippen LogP contribution < -0.4 is 14.2 Å². The Morgan fingerprint density at radius 3 is 2.50 bits per heavy atom. The quantitative estimate of drug-likeness (QED) is 0.481. The largest absolute Gasteiger partial charge is 0.494 e. The zero-order valence-corrected chi connectivity index (χ0v) is 17.2. The Bertz CT molecular complexity index is 1280. The van der Waals surface area contributed by atoms with Crippen LogP contribution in [0.5, 0.6) is 23.4 Å². The maximum atomic E-state index is 12.7. The molecule has 0 aliphatic carbocycles. The number of alkyl halides is 3. The third-order valence-electron chi connectivity index (χ3n) is 4.69. The first-order valence-corrected chi connectivity index (χ1v) is 9.22. The molecule has 0 aromatic carbocycles. The van der Waals surface area contributed by atoms with Crippen LogP contribution in [0.1, 0.15) is 0 Å². The van der Waals surface area contributed by atoms with E-state index in [0.29, 0.717) is 33.8 Å². The van der Waals surface area contributed by atoms with Gasteiger partial charge in [-0.1, -0.05) is 0 Å². The van der Waals surface area contributed by atoms with Gasteiger partial charge in [0.15, 0.2) is 5.75 Å². The lowest BCUT2D eigenvalue weighted by Gasteiger charge is -2.08. The van der Waals surface area contributed by atoms with Crippen molar-refractivity contribution in [1.29, 1.82) is 0 Å². The standard InChI is InChI=1S/C20H18F3N5O4/c1-30-15-6-11(7-24-17(15)31-2)14-5-4-13-16(26-14)19(32-3)28(18(13)29)12-8-25-27(9-12)10-20(21,22)23/h4-9,29H,10H2,1-3H3. The zero-order valence-electron chi connectivity index (χ0n) is 17.2. The van der Waals surface area contributed by atoms with Gasteiger partial charge in [-0.3, -0.25) is 4.68 Å². The Hall–Kier alpha value is -3.96. The molecular weight excluding hydrogens is 431 g/mol. The van der Waals surface area contributed by atoms with E-state index in [2.05, 4.69) is 15.1 Å². The molecule has 4 heterocycles. The predicted octanol–water partition coefficient (Wildman–Crippen LogP) is 3.58. The van der Waals surface area contributed by atoms with E-state index in [0.717, 1.165) is 10.9 Å². The van der Waals surface area contributed by atoms with Gasteiger partial charge in [0.05, 0.1) is 44.3 Å². The van der Waals surface area contributed by atoms with Gasteiger partial charge < -0.3 is 19.3 Å². The van der Waals surface area contributed by atoms with Gasteiger partial charge in [-0.15, -0.1) is 0 Å². The molecule has 4 aromatic rings. The Morgan fingerprint density at radius 1 is 1.06 bits per heavy atom. The monoisotopic (exact) mass is 449 g/mol. The Balaban J connectivity index is 1.82. The van der Waals surface area contributed by atoms with Crippen LogP contribution in [0.3, 0.4) is 0 Å². The zero-order chi connectivity index (χ0) is 23.0. The minimum Gasteiger partial charge on any atom is -0.494 e. The molecule has 0 radical (unpaired) electrons. The molecule has 4 aromatic heterocycles. The number of pyridine rings is 2. The molecule has 32 heavy (non-hydrogen) atoms. The number of ether oxygens (including phenoxy) is 3. The minimum absolute atomic E-state index is 0.138. The van der Waals surface area contributed by atoms with Gasteiger partial charge in [0.1, 0.15) is 12.1 Å². The average molecular weight is 449 g/mol. The van der Waals surface area contributed by atoms with Gasteiger partial charge in [-0.2, -0.15) is 18.3 Å². The van der Waals surface area contributed by atoms with E-state index < -0.39 is 12.7 Å². The molecule has 0 atom stereocenters. The second kappa shape index (κ2) is 7.94. The number of hydrogen-bond acceptors (Lipinski definition) is 7. The van der Waals surface area contributed by atoms with Gasteiger partial charge in [0.25, 0.3) is 5.88 Å². The summed E-state index contributed by atoms with van der Waals surface area (Å²) in [4.78, 5) is 8.76. The van der Waals surface area contributed by atoms with Gasteiger partial charge >= 0.3 is 6.18 Å². The fraction of sp³-hybridized carbons (Fsp3) is 0.250. The Morgan fingerprint density at radius 2 is 1.84 bits per heavy atom. The molecule has 1 N–H and O–H groups in total. The van der Waals surface area contributed by atoms with Gasteiger partial charge in [0, 0.05) is 18.0 Å². The van der Waals surface area contributed by atoms with Crippen molar-refractivity contribution in [3.63, 3.8) is 0 Å². The highest BCUT2D eigenvalue weighted by Crippen LogP contribution is 2.40. The maximum absolute atomic E-state index is 12.7. The van der Waals surface area contributed by atoms with E-state index in [1.165, 1.54) is 32.1 Å². The van der Waals surface area contributed by atoms with Crippen LogP contribution in [-0.4, -0.2) is 56.9 Å². The molecule has 0 aliphatic heterocycles. The number of nitrogens with zero attached hydrogens (tertiary/aromatic N) is 5. The Kier molecular flexibility index (Phi) is 5.28. The SMILES string of the molecule is COc1cc(-c2ccc3c(O)n(-c4cnn(CC(F)(F)F)c4)c(OC)c3n2)cnc1OC. The van der Waals surface area contributed by atoms with Crippen molar-refractivity contribution in [3.05, 3.63) is 36.8 Å². The van der Waals surface area contributed by atoms with E-state index in [1.54, 1.807) is 24.4 Å². The first-order valence-electron chi connectivity index (χ1n) is 9.22. The molecule has 0 amide bonds. The molecule has 0 saturated heterocycles. The molecular formula is C20H18F3N5O4. The van der Waals surface area contributed by atoms with Gasteiger partial charge in [0.2, 0.25) is 11.8 Å². The average Bonchev–Trinajstić information content (AvgIpc) is 3.32. The van der Waals surface area contributed by atoms with Crippen molar-refractivity contribution in [2.45, 2.75) is 12.7 Å². The molecule has 12 heteroatoms. The summed E-state index contributed by atoms with van der Waals surface area (Å²) < 4.78 is 55.9. The second-order valence-electron chi connectivity index (χ2n) is 6.71. The molecule has 0 spiro atoms. The van der Waals surface area contributed by atoms with Crippen LogP contribution in [0.15, 0.2) is 36.8 Å². The van der Waals surface area contributed by atoms with Crippen molar-refractivity contribution >= 4 is 10.9 Å². The number of hydrogen-bond donors (Lipinski definition) is 1. The van der Waals surface area contributed by atoms with E-state index in [-0.39, 0.29) is 17.4 Å². The number of fused-ring (bicyclic) bond motifs is 1. The number of aromatic hydroxyl groups is 1. The molecule has 0 saturated carbocycles. The van der Waals surface area contributed by atoms with E-state index in [4.69, 9.17) is 14.2 Å². The summed E-state index contributed by atoms with van der Waals surface area (Å²) in [5, 5.41) is 14.8. The lowest BCUT2D eigenvalue weighted by Crippen LogP contribution is -2.17. The van der Waals surface area contributed by atoms with Crippen molar-refractivity contribution in [1.82, 2.24) is 24.3 Å². The number of methoxy groups -OCH3 is 3. The van der Waals surface area contributed by atoms with Crippen molar-refractivity contribution in [3.8, 4) is 40.3 Å². The molecule has 0 bridgehead atoms. The third kappa shape index (κ3) is 3.74. The highest BCUT2D eigenvalue weighted by atomic mass is 19.4. The molecule has 9 nitrogen and oxygen atoms in total. The van der Waals surface area contributed by atoms with E-state index in [9.17, 15) is 18.3 Å². The van der Waals surface area contributed by atoms with Crippen LogP contribution in [0.2, 0.25) is 0 Å². The van der Waals surface area contributed by atoms with E-state index in [1.807, 2.05) is 0 Å². The molecule has 0 fully saturated rings. The lowest BCUT2D eigenvalue weighted by atomic mass is 10.1. The van der Waals surface area contributed by atoms with Crippen LogP contribution >= 0.6 is 0 Å². The van der Waals surface area contributed by atoms with Crippen LogP contribution in [0.4, 0.5) is 13.2 Å². The summed E-state index contributed by atoms with van der Waals surface area (Å²) >= 11 is 0. The lowest BCUT2D eigenvalue weighted by molar-refractivity contribution is -0.142. The summed E-state index contributed by atoms with van der Waals surface area (Å²) in [5.41, 5.74) is 1.63. The van der Waals surface area contributed by atoms with Crippen molar-refractivity contribution in [2.24, 2.45) is 0 Å². The predicted molar refractivity (Wildman–Crippen MR) is 107 cm³/mol. The number of aromatic nitrogens is 5. The maximum Gasteiger partial charge on any atom is 0.408 e. The first-order chi connectivity index (χ1) is 15.3. The summed E-state index contributed by atoms with van der Waals surface area (Å²) in [6.45, 7) is -1.26. The van der Waals surface area contributed by atoms with E-state index >= 15 is 0 Å². The van der Waals surface area contributed by atoms with Crippen LogP contribution in [-0.2, 0) is 6.54 Å². The minimum atomic E-state index is -4.43. The Labute approximate surface area is 179 Å². The highest BCUT2D eigenvalue weighted by molar-refractivity contribution is 5.92. The first kappa shape index (κ1) is 21.3. The number of halogens is 3. The number of rotatable bonds is 6. The van der Waals surface area contributed by atoms with Crippen molar-refractivity contribution in [2.75, 3.05) is 21.3 Å². The summed E-state index contributed by atoms with van der Waals surface area (Å²) in [6.07, 6.45) is -0.513. The van der Waals surface area contributed by atoms with Gasteiger partial charge in [-0.05, 0) is 18.2 Å². The molecule has 0 aliphatic rings. The van der Waals surface area contributed by atoms with Crippen LogP contribution in [0.25, 0.3) is 27.8 Å². The molecule has 0 unspecified atom stereocenters. The summed E-state index contributed by atoms with van der Waals surface area (Å²) in [6, 6.07) is 5.00. The van der Waals surface area contributed by atoms with Crippen molar-refractivity contribution < 1.29 is 32.5 Å². The highest BCUT2D eigenvalue weighted by Gasteiger charge is 2.29. The molecule has 4 rings (SSSR count). The summed E-state index contributed by atoms with van der Waals surface area (Å²) in [7, 11) is 4.33. The second-order valence-corrected chi connectivity index (χ2v) is 6.71. The fourth-order valence-electron chi connectivity index (χ4n) is 3.32. The fourth-order valence-corrected chi connectivity index (χ4v) is 3.32. The molecule has 168 valence electrons. The van der Waals surface area contributed by atoms with Crippen LogP contribution in [0, 0.1) is 0 Å². The summed E-state index contributed by atoms with van der Waals surface area (Å²) in [5.74, 6) is 0.623.